The van der Waals surface area contributed by atoms with Crippen LogP contribution in [0.15, 0.2) is 0 Å². The molecule has 0 amide bonds. The summed E-state index contributed by atoms with van der Waals surface area (Å²) in [6.45, 7) is 2.98. The van der Waals surface area contributed by atoms with E-state index in [9.17, 15) is 9.90 Å². The lowest BCUT2D eigenvalue weighted by Gasteiger charge is -2.26. The predicted octanol–water partition coefficient (Wildman–Crippen LogP) is 2.71. The van der Waals surface area contributed by atoms with E-state index in [-0.39, 0.29) is 6.10 Å². The zero-order valence-corrected chi connectivity index (χ0v) is 12.0. The van der Waals surface area contributed by atoms with Gasteiger partial charge in [0.15, 0.2) is 0 Å². The Balaban J connectivity index is 1.71. The van der Waals surface area contributed by atoms with Crippen molar-refractivity contribution in [1.29, 1.82) is 0 Å². The number of ether oxygens (including phenoxy) is 1. The quantitative estimate of drug-likeness (QED) is 0.632. The Labute approximate surface area is 115 Å². The third-order valence-corrected chi connectivity index (χ3v) is 4.29. The Morgan fingerprint density at radius 3 is 2.74 bits per heavy atom. The molecule has 0 aromatic rings. The molecule has 0 saturated heterocycles. The molecule has 19 heavy (non-hydrogen) atoms. The van der Waals surface area contributed by atoms with E-state index in [1.807, 2.05) is 0 Å². The highest BCUT2D eigenvalue weighted by Gasteiger charge is 2.48. The molecule has 0 aromatic carbocycles. The van der Waals surface area contributed by atoms with Crippen molar-refractivity contribution in [2.45, 2.75) is 82.4 Å². The summed E-state index contributed by atoms with van der Waals surface area (Å²) in [6, 6.07) is 0.430. The smallest absolute Gasteiger partial charge is 0.324 e. The van der Waals surface area contributed by atoms with Crippen LogP contribution in [0.4, 0.5) is 0 Å². The van der Waals surface area contributed by atoms with E-state index in [1.54, 1.807) is 0 Å². The summed E-state index contributed by atoms with van der Waals surface area (Å²) in [5.41, 5.74) is -0.713. The maximum absolute atomic E-state index is 11.5. The number of carboxylic acid groups (broad SMARTS) is 1. The maximum atomic E-state index is 11.5. The largest absolute Gasteiger partial charge is 0.480 e. The molecule has 0 heterocycles. The molecular formula is C15H27NO3. The molecule has 2 N–H and O–H groups in total. The molecule has 2 aliphatic rings. The molecule has 2 rings (SSSR count). The van der Waals surface area contributed by atoms with Crippen LogP contribution in [0.1, 0.15) is 64.7 Å². The van der Waals surface area contributed by atoms with E-state index in [0.29, 0.717) is 18.9 Å². The van der Waals surface area contributed by atoms with Gasteiger partial charge in [0.1, 0.15) is 5.54 Å². The van der Waals surface area contributed by atoms with Crippen molar-refractivity contribution in [2.24, 2.45) is 0 Å². The molecule has 0 bridgehead atoms. The van der Waals surface area contributed by atoms with Gasteiger partial charge in [0.05, 0.1) is 6.10 Å². The van der Waals surface area contributed by atoms with Gasteiger partial charge < -0.3 is 9.84 Å². The fraction of sp³-hybridized carbons (Fsp3) is 0.933. The molecule has 4 heteroatoms. The molecule has 0 spiro atoms. The van der Waals surface area contributed by atoms with Crippen LogP contribution in [-0.2, 0) is 9.53 Å². The number of hydrogen-bond donors (Lipinski definition) is 2. The summed E-state index contributed by atoms with van der Waals surface area (Å²) in [4.78, 5) is 11.5. The number of nitrogens with one attached hydrogen (secondary N) is 1. The lowest BCUT2D eigenvalue weighted by Crippen LogP contribution is -2.51. The Morgan fingerprint density at radius 2 is 2.11 bits per heavy atom. The predicted molar refractivity (Wildman–Crippen MR) is 74.3 cm³/mol. The SMILES string of the molecule is CCCCCCOC1CCC(NC2CC2)(C(=O)O)C1. The minimum atomic E-state index is -0.713. The van der Waals surface area contributed by atoms with Crippen LogP contribution < -0.4 is 5.32 Å². The minimum absolute atomic E-state index is 0.129. The number of unbranched alkanes of at least 4 members (excludes halogenated alkanes) is 3. The molecule has 0 aromatic heterocycles. The van der Waals surface area contributed by atoms with Crippen LogP contribution in [0, 0.1) is 0 Å². The third kappa shape index (κ3) is 4.18. The van der Waals surface area contributed by atoms with Gasteiger partial charge in [0, 0.05) is 19.1 Å². The summed E-state index contributed by atoms with van der Waals surface area (Å²) in [5, 5.41) is 12.8. The van der Waals surface area contributed by atoms with Crippen LogP contribution in [0.5, 0.6) is 0 Å². The summed E-state index contributed by atoms with van der Waals surface area (Å²) in [5.74, 6) is -0.698. The standard InChI is InChI=1S/C15H27NO3/c1-2-3-4-5-10-19-13-8-9-15(11-13,14(17)18)16-12-6-7-12/h12-13,16H,2-11H2,1H3,(H,17,18). The Bertz CT molecular complexity index is 304. The zero-order chi connectivity index (χ0) is 13.7. The van der Waals surface area contributed by atoms with Crippen molar-refractivity contribution in [3.05, 3.63) is 0 Å². The van der Waals surface area contributed by atoms with Gasteiger partial charge in [0.25, 0.3) is 0 Å². The average Bonchev–Trinajstić information content (AvgIpc) is 3.08. The first kappa shape index (κ1) is 14.8. The second-order valence-corrected chi connectivity index (χ2v) is 6.10. The Hall–Kier alpha value is -0.610. The lowest BCUT2D eigenvalue weighted by atomic mass is 9.97. The molecule has 4 nitrogen and oxygen atoms in total. The van der Waals surface area contributed by atoms with Crippen LogP contribution in [0.3, 0.4) is 0 Å². The number of aliphatic carboxylic acids is 1. The Morgan fingerprint density at radius 1 is 1.32 bits per heavy atom. The summed E-state index contributed by atoms with van der Waals surface area (Å²) in [6.07, 6.45) is 9.39. The van der Waals surface area contributed by atoms with E-state index in [1.165, 1.54) is 19.3 Å². The monoisotopic (exact) mass is 269 g/mol. The third-order valence-electron chi connectivity index (χ3n) is 4.29. The van der Waals surface area contributed by atoms with E-state index < -0.39 is 11.5 Å². The van der Waals surface area contributed by atoms with E-state index in [4.69, 9.17) is 4.74 Å². The minimum Gasteiger partial charge on any atom is -0.480 e. The highest BCUT2D eigenvalue weighted by molar-refractivity contribution is 5.79. The molecule has 2 saturated carbocycles. The topological polar surface area (TPSA) is 58.6 Å². The van der Waals surface area contributed by atoms with E-state index in [2.05, 4.69) is 12.2 Å². The number of carbonyl (C=O) groups is 1. The van der Waals surface area contributed by atoms with Gasteiger partial charge in [-0.2, -0.15) is 0 Å². The summed E-state index contributed by atoms with van der Waals surface area (Å²) < 4.78 is 5.85. The first-order valence-corrected chi connectivity index (χ1v) is 7.79. The molecular weight excluding hydrogens is 242 g/mol. The van der Waals surface area contributed by atoms with E-state index >= 15 is 0 Å². The fourth-order valence-corrected chi connectivity index (χ4v) is 2.93. The summed E-state index contributed by atoms with van der Waals surface area (Å²) in [7, 11) is 0. The summed E-state index contributed by atoms with van der Waals surface area (Å²) >= 11 is 0. The van der Waals surface area contributed by atoms with Gasteiger partial charge >= 0.3 is 5.97 Å². The van der Waals surface area contributed by atoms with E-state index in [0.717, 1.165) is 32.3 Å². The lowest BCUT2D eigenvalue weighted by molar-refractivity contribution is -0.145. The Kier molecular flexibility index (Phi) is 5.22. The maximum Gasteiger partial charge on any atom is 0.324 e. The molecule has 0 aliphatic heterocycles. The van der Waals surface area contributed by atoms with Crippen molar-refractivity contribution in [2.75, 3.05) is 6.61 Å². The van der Waals surface area contributed by atoms with Crippen LogP contribution >= 0.6 is 0 Å². The van der Waals surface area contributed by atoms with Crippen LogP contribution in [-0.4, -0.2) is 35.4 Å². The van der Waals surface area contributed by atoms with Gasteiger partial charge in [-0.05, 0) is 32.1 Å². The van der Waals surface area contributed by atoms with Crippen molar-refractivity contribution in [3.8, 4) is 0 Å². The van der Waals surface area contributed by atoms with Gasteiger partial charge in [-0.25, -0.2) is 0 Å². The first-order valence-electron chi connectivity index (χ1n) is 7.79. The normalized spacial score (nSPS) is 30.7. The van der Waals surface area contributed by atoms with Crippen molar-refractivity contribution >= 4 is 5.97 Å². The molecule has 0 radical (unpaired) electrons. The second kappa shape index (κ2) is 6.71. The molecule has 110 valence electrons. The number of carboxylic acids is 1. The number of rotatable bonds is 9. The van der Waals surface area contributed by atoms with Crippen molar-refractivity contribution < 1.29 is 14.6 Å². The molecule has 2 fully saturated rings. The fourth-order valence-electron chi connectivity index (χ4n) is 2.93. The van der Waals surface area contributed by atoms with Gasteiger partial charge in [-0.3, -0.25) is 10.1 Å². The molecule has 2 unspecified atom stereocenters. The average molecular weight is 269 g/mol. The molecule has 2 aliphatic carbocycles. The highest BCUT2D eigenvalue weighted by Crippen LogP contribution is 2.35. The van der Waals surface area contributed by atoms with Crippen molar-refractivity contribution in [1.82, 2.24) is 5.32 Å². The van der Waals surface area contributed by atoms with Gasteiger partial charge in [-0.1, -0.05) is 26.2 Å². The molecule has 2 atom stereocenters. The van der Waals surface area contributed by atoms with Gasteiger partial charge in [0.2, 0.25) is 0 Å². The van der Waals surface area contributed by atoms with Gasteiger partial charge in [-0.15, -0.1) is 0 Å². The second-order valence-electron chi connectivity index (χ2n) is 6.10. The number of hydrogen-bond acceptors (Lipinski definition) is 3. The first-order chi connectivity index (χ1) is 9.16. The zero-order valence-electron chi connectivity index (χ0n) is 12.0. The highest BCUT2D eigenvalue weighted by atomic mass is 16.5. The van der Waals surface area contributed by atoms with Crippen molar-refractivity contribution in [3.63, 3.8) is 0 Å². The van der Waals surface area contributed by atoms with Crippen LogP contribution in [0.25, 0.3) is 0 Å². The van der Waals surface area contributed by atoms with Crippen LogP contribution in [0.2, 0.25) is 0 Å².